The van der Waals surface area contributed by atoms with Gasteiger partial charge in [-0.15, -0.1) is 0 Å². The highest BCUT2D eigenvalue weighted by atomic mass is 19.3. The van der Waals surface area contributed by atoms with E-state index in [0.29, 0.717) is 0 Å². The molecule has 0 heterocycles. The van der Waals surface area contributed by atoms with E-state index in [9.17, 15) is 54.3 Å². The molecule has 0 amide bonds. The quantitative estimate of drug-likeness (QED) is 0.367. The van der Waals surface area contributed by atoms with Gasteiger partial charge in [0.1, 0.15) is 0 Å². The van der Waals surface area contributed by atoms with Crippen LogP contribution >= 0.6 is 0 Å². The molecule has 144 valence electrons. The van der Waals surface area contributed by atoms with Crippen molar-refractivity contribution in [3.05, 3.63) is 0 Å². The second-order valence-corrected chi connectivity index (χ2v) is 4.46. The Morgan fingerprint density at radius 3 is 1.04 bits per heavy atom. The van der Waals surface area contributed by atoms with Crippen molar-refractivity contribution < 1.29 is 69.3 Å². The van der Waals surface area contributed by atoms with Crippen LogP contribution in [0.5, 0.6) is 0 Å². The Kier molecular flexibility index (Phi) is 6.12. The number of esters is 2. The van der Waals surface area contributed by atoms with Crippen molar-refractivity contribution in [2.75, 3.05) is 0 Å². The number of ether oxygens (including phenoxy) is 1. The second kappa shape index (κ2) is 6.79. The van der Waals surface area contributed by atoms with E-state index in [2.05, 4.69) is 4.74 Å². The van der Waals surface area contributed by atoms with Crippen LogP contribution in [-0.2, 0) is 23.9 Å². The van der Waals surface area contributed by atoms with Gasteiger partial charge in [0.15, 0.2) is 0 Å². The van der Waals surface area contributed by atoms with Crippen molar-refractivity contribution in [1.82, 2.24) is 0 Å². The van der Waals surface area contributed by atoms with Gasteiger partial charge in [-0.3, -0.25) is 0 Å². The van der Waals surface area contributed by atoms with Gasteiger partial charge in [0.05, 0.1) is 12.8 Å². The Morgan fingerprint density at radius 2 is 0.840 bits per heavy atom. The van der Waals surface area contributed by atoms with Crippen LogP contribution in [0.3, 0.4) is 0 Å². The minimum atomic E-state index is -5.46. The van der Waals surface area contributed by atoms with Gasteiger partial charge < -0.3 is 14.9 Å². The van der Waals surface area contributed by atoms with Gasteiger partial charge in [-0.25, -0.2) is 19.2 Å². The molecule has 0 saturated carbocycles. The van der Waals surface area contributed by atoms with Crippen molar-refractivity contribution in [3.8, 4) is 0 Å². The zero-order valence-corrected chi connectivity index (χ0v) is 11.4. The van der Waals surface area contributed by atoms with Crippen molar-refractivity contribution in [2.45, 2.75) is 36.5 Å². The first-order valence-corrected chi connectivity index (χ1v) is 5.60. The Bertz CT molecular complexity index is 536. The number of halogens is 8. The predicted octanol–water partition coefficient (Wildman–Crippen LogP) is 1.55. The Balaban J connectivity index is 5.19. The summed E-state index contributed by atoms with van der Waals surface area (Å²) in [7, 11) is 0. The van der Waals surface area contributed by atoms with Crippen LogP contribution < -0.4 is 0 Å². The van der Waals surface area contributed by atoms with Crippen LogP contribution in [0.4, 0.5) is 35.1 Å². The van der Waals surface area contributed by atoms with E-state index in [1.807, 2.05) is 0 Å². The molecule has 25 heavy (non-hydrogen) atoms. The monoisotopic (exact) mass is 390 g/mol. The lowest BCUT2D eigenvalue weighted by Gasteiger charge is -2.21. The molecule has 0 aromatic rings. The number of hydrogen-bond donors (Lipinski definition) is 2. The molecule has 0 atom stereocenters. The predicted molar refractivity (Wildman–Crippen MR) is 55.4 cm³/mol. The maximum absolute atomic E-state index is 13.0. The molecule has 0 aromatic heterocycles. The average molecular weight is 390 g/mol. The van der Waals surface area contributed by atoms with E-state index in [1.165, 1.54) is 0 Å². The minimum absolute atomic E-state index is 2.80. The first-order valence-electron chi connectivity index (χ1n) is 5.60. The summed E-state index contributed by atoms with van der Waals surface area (Å²) in [5, 5.41) is 15.8. The summed E-state index contributed by atoms with van der Waals surface area (Å²) in [4.78, 5) is 41.5. The zero-order chi connectivity index (χ0) is 20.4. The molecule has 0 aromatic carbocycles. The van der Waals surface area contributed by atoms with Crippen LogP contribution in [0.1, 0.15) is 12.8 Å². The molecule has 0 unspecified atom stereocenters. The third-order valence-electron chi connectivity index (χ3n) is 2.30. The Labute approximate surface area is 131 Å². The second-order valence-electron chi connectivity index (χ2n) is 4.46. The van der Waals surface area contributed by atoms with E-state index >= 15 is 0 Å². The van der Waals surface area contributed by atoms with Crippen molar-refractivity contribution >= 4 is 23.9 Å². The summed E-state index contributed by atoms with van der Waals surface area (Å²) >= 11 is 0. The first kappa shape index (κ1) is 22.5. The number of carboxylic acid groups (broad SMARTS) is 2. The zero-order valence-electron chi connectivity index (χ0n) is 11.4. The molecule has 0 rings (SSSR count). The van der Waals surface area contributed by atoms with E-state index in [-0.39, 0.29) is 0 Å². The van der Waals surface area contributed by atoms with Gasteiger partial charge >= 0.3 is 47.6 Å². The molecule has 0 spiro atoms. The third-order valence-corrected chi connectivity index (χ3v) is 2.30. The van der Waals surface area contributed by atoms with Gasteiger partial charge in [-0.1, -0.05) is 0 Å². The lowest BCUT2D eigenvalue weighted by Crippen LogP contribution is -2.46. The number of rotatable bonds is 8. The summed E-state index contributed by atoms with van der Waals surface area (Å²) in [6.45, 7) is 0. The molecule has 0 aliphatic carbocycles. The SMILES string of the molecule is O=C(O)C(F)(F)CC(F)(F)C(=O)OC(=O)C(F)(F)CC(F)(F)C(=O)O. The van der Waals surface area contributed by atoms with E-state index in [0.717, 1.165) is 0 Å². The standard InChI is InChI=1S/C10H6F8O7/c11-7(12,3(19)20)1-9(15,16)5(23)25-6(24)10(17,18)2-8(13,14)4(21)22/h1-2H2,(H,19,20)(H,21,22). The van der Waals surface area contributed by atoms with Crippen molar-refractivity contribution in [1.29, 1.82) is 0 Å². The molecule has 0 radical (unpaired) electrons. The van der Waals surface area contributed by atoms with Gasteiger partial charge in [0.25, 0.3) is 0 Å². The van der Waals surface area contributed by atoms with Gasteiger partial charge in [0.2, 0.25) is 0 Å². The highest BCUT2D eigenvalue weighted by molar-refractivity contribution is 5.93. The fourth-order valence-corrected chi connectivity index (χ4v) is 1.09. The summed E-state index contributed by atoms with van der Waals surface area (Å²) < 4.78 is 105. The lowest BCUT2D eigenvalue weighted by molar-refractivity contribution is -0.208. The number of hydrogen-bond acceptors (Lipinski definition) is 5. The molecule has 15 heteroatoms. The smallest absolute Gasteiger partial charge is 0.385 e. The Hall–Kier alpha value is -2.48. The summed E-state index contributed by atoms with van der Waals surface area (Å²) in [6.07, 6.45) is -6.14. The van der Waals surface area contributed by atoms with Crippen LogP contribution in [0.15, 0.2) is 0 Å². The summed E-state index contributed by atoms with van der Waals surface area (Å²) in [5.41, 5.74) is 0. The maximum atomic E-state index is 13.0. The fraction of sp³-hybridized carbons (Fsp3) is 0.600. The van der Waals surface area contributed by atoms with Gasteiger partial charge in [0, 0.05) is 0 Å². The number of aliphatic carboxylic acids is 2. The van der Waals surface area contributed by atoms with Crippen LogP contribution in [0, 0.1) is 0 Å². The molecule has 0 fully saturated rings. The normalized spacial score (nSPS) is 13.3. The van der Waals surface area contributed by atoms with Gasteiger partial charge in [-0.2, -0.15) is 35.1 Å². The van der Waals surface area contributed by atoms with Crippen molar-refractivity contribution in [2.24, 2.45) is 0 Å². The average Bonchev–Trinajstić information content (AvgIpc) is 2.35. The van der Waals surface area contributed by atoms with Crippen LogP contribution in [0.2, 0.25) is 0 Å². The maximum Gasteiger partial charge on any atom is 0.385 e. The fourth-order valence-electron chi connectivity index (χ4n) is 1.09. The molecule has 0 aliphatic rings. The Morgan fingerprint density at radius 1 is 0.600 bits per heavy atom. The highest BCUT2D eigenvalue weighted by Crippen LogP contribution is 2.35. The number of carbonyl (C=O) groups excluding carboxylic acids is 2. The lowest BCUT2D eigenvalue weighted by atomic mass is 10.1. The third kappa shape index (κ3) is 5.82. The van der Waals surface area contributed by atoms with Crippen LogP contribution in [0.25, 0.3) is 0 Å². The van der Waals surface area contributed by atoms with Crippen LogP contribution in [-0.4, -0.2) is 57.8 Å². The number of alkyl halides is 8. The highest BCUT2D eigenvalue weighted by Gasteiger charge is 2.58. The molecule has 2 N–H and O–H groups in total. The molecule has 7 nitrogen and oxygen atoms in total. The van der Waals surface area contributed by atoms with E-state index < -0.39 is 60.4 Å². The topological polar surface area (TPSA) is 118 Å². The first-order chi connectivity index (χ1) is 10.8. The molecular weight excluding hydrogens is 384 g/mol. The van der Waals surface area contributed by atoms with E-state index in [4.69, 9.17) is 10.2 Å². The molecule has 0 saturated heterocycles. The summed E-state index contributed by atoms with van der Waals surface area (Å²) in [5.74, 6) is -34.3. The minimum Gasteiger partial charge on any atom is -0.477 e. The number of carboxylic acids is 2. The molecule has 0 aliphatic heterocycles. The molecular formula is C10H6F8O7. The van der Waals surface area contributed by atoms with Gasteiger partial charge in [-0.05, 0) is 0 Å². The van der Waals surface area contributed by atoms with Crippen molar-refractivity contribution in [3.63, 3.8) is 0 Å². The number of carbonyl (C=O) groups is 4. The summed E-state index contributed by atoms with van der Waals surface area (Å²) in [6, 6.07) is 0. The largest absolute Gasteiger partial charge is 0.477 e. The van der Waals surface area contributed by atoms with E-state index in [1.54, 1.807) is 0 Å². The molecule has 0 bridgehead atoms.